The summed E-state index contributed by atoms with van der Waals surface area (Å²) < 4.78 is 11.5. The largest absolute Gasteiger partial charge is 0.496 e. The van der Waals surface area contributed by atoms with Crippen LogP contribution >= 0.6 is 15.9 Å². The molecule has 0 unspecified atom stereocenters. The first-order valence-corrected chi connectivity index (χ1v) is 6.89. The van der Waals surface area contributed by atoms with E-state index in [1.54, 1.807) is 38.5 Å². The molecule has 0 spiro atoms. The standard InChI is InChI=1S/C16H15BrO3/c1-10-9-11(7-8-12(10)17)16(18)15-13(19-2)5-4-6-14(15)20-3/h4-9H,1-3H3. The molecule has 0 aliphatic rings. The number of aryl methyl sites for hydroxylation is 1. The van der Waals surface area contributed by atoms with Gasteiger partial charge >= 0.3 is 0 Å². The molecule has 2 aromatic carbocycles. The number of halogens is 1. The van der Waals surface area contributed by atoms with Crippen molar-refractivity contribution >= 4 is 21.7 Å². The lowest BCUT2D eigenvalue weighted by molar-refractivity contribution is 0.103. The van der Waals surface area contributed by atoms with E-state index in [0.717, 1.165) is 10.0 Å². The first kappa shape index (κ1) is 14.6. The number of benzene rings is 2. The summed E-state index contributed by atoms with van der Waals surface area (Å²) in [4.78, 5) is 12.7. The Morgan fingerprint density at radius 1 is 1.05 bits per heavy atom. The zero-order valence-electron chi connectivity index (χ0n) is 11.6. The van der Waals surface area contributed by atoms with Crippen LogP contribution in [0.4, 0.5) is 0 Å². The average Bonchev–Trinajstić information content (AvgIpc) is 2.48. The molecule has 20 heavy (non-hydrogen) atoms. The van der Waals surface area contributed by atoms with Crippen LogP contribution in [0.15, 0.2) is 40.9 Å². The summed E-state index contributed by atoms with van der Waals surface area (Å²) in [6, 6.07) is 10.8. The summed E-state index contributed by atoms with van der Waals surface area (Å²) in [5.74, 6) is 0.903. The number of ether oxygens (including phenoxy) is 2. The fourth-order valence-corrected chi connectivity index (χ4v) is 2.25. The minimum atomic E-state index is -0.116. The highest BCUT2D eigenvalue weighted by atomic mass is 79.9. The van der Waals surface area contributed by atoms with Crippen LogP contribution in [0.25, 0.3) is 0 Å². The highest BCUT2D eigenvalue weighted by Crippen LogP contribution is 2.31. The maximum Gasteiger partial charge on any atom is 0.200 e. The smallest absolute Gasteiger partial charge is 0.200 e. The molecule has 104 valence electrons. The van der Waals surface area contributed by atoms with E-state index in [9.17, 15) is 4.79 Å². The summed E-state index contributed by atoms with van der Waals surface area (Å²) in [5, 5.41) is 0. The van der Waals surface area contributed by atoms with Gasteiger partial charge in [-0.1, -0.05) is 22.0 Å². The van der Waals surface area contributed by atoms with Gasteiger partial charge in [0.05, 0.1) is 14.2 Å². The van der Waals surface area contributed by atoms with Gasteiger partial charge in [-0.15, -0.1) is 0 Å². The van der Waals surface area contributed by atoms with Crippen molar-refractivity contribution in [3.05, 3.63) is 57.6 Å². The van der Waals surface area contributed by atoms with E-state index in [0.29, 0.717) is 22.6 Å². The van der Waals surface area contributed by atoms with Crippen molar-refractivity contribution in [3.8, 4) is 11.5 Å². The quantitative estimate of drug-likeness (QED) is 0.792. The average molecular weight is 335 g/mol. The SMILES string of the molecule is COc1cccc(OC)c1C(=O)c1ccc(Br)c(C)c1. The Hall–Kier alpha value is -1.81. The van der Waals surface area contributed by atoms with E-state index >= 15 is 0 Å². The molecular formula is C16H15BrO3. The molecule has 3 nitrogen and oxygen atoms in total. The van der Waals surface area contributed by atoms with Gasteiger partial charge in [0.2, 0.25) is 5.78 Å². The number of methoxy groups -OCH3 is 2. The normalized spacial score (nSPS) is 10.2. The number of carbonyl (C=O) groups excluding carboxylic acids is 1. The van der Waals surface area contributed by atoms with Gasteiger partial charge in [-0.05, 0) is 42.8 Å². The number of carbonyl (C=O) groups is 1. The van der Waals surface area contributed by atoms with E-state index in [1.165, 1.54) is 0 Å². The molecule has 4 heteroatoms. The maximum atomic E-state index is 12.7. The Kier molecular flexibility index (Phi) is 4.45. The van der Waals surface area contributed by atoms with Crippen LogP contribution in [-0.2, 0) is 0 Å². The third-order valence-electron chi connectivity index (χ3n) is 3.08. The minimum Gasteiger partial charge on any atom is -0.496 e. The molecule has 0 radical (unpaired) electrons. The molecule has 0 atom stereocenters. The summed E-state index contributed by atoms with van der Waals surface area (Å²) in [6.07, 6.45) is 0. The zero-order chi connectivity index (χ0) is 14.7. The maximum absolute atomic E-state index is 12.7. The molecule has 0 fully saturated rings. The first-order valence-electron chi connectivity index (χ1n) is 6.10. The molecular weight excluding hydrogens is 320 g/mol. The van der Waals surface area contributed by atoms with Crippen LogP contribution < -0.4 is 9.47 Å². The molecule has 0 aliphatic carbocycles. The number of ketones is 1. The van der Waals surface area contributed by atoms with Crippen molar-refractivity contribution in [3.63, 3.8) is 0 Å². The van der Waals surface area contributed by atoms with E-state index in [2.05, 4.69) is 15.9 Å². The van der Waals surface area contributed by atoms with Gasteiger partial charge in [-0.2, -0.15) is 0 Å². The lowest BCUT2D eigenvalue weighted by atomic mass is 10.00. The Balaban J connectivity index is 2.55. The lowest BCUT2D eigenvalue weighted by Crippen LogP contribution is -2.06. The van der Waals surface area contributed by atoms with Gasteiger partial charge in [0.25, 0.3) is 0 Å². The number of hydrogen-bond acceptors (Lipinski definition) is 3. The van der Waals surface area contributed by atoms with Gasteiger partial charge in [0, 0.05) is 10.0 Å². The van der Waals surface area contributed by atoms with Crippen LogP contribution in [0.2, 0.25) is 0 Å². The third-order valence-corrected chi connectivity index (χ3v) is 3.96. The summed E-state index contributed by atoms with van der Waals surface area (Å²) in [7, 11) is 3.08. The second-order valence-corrected chi connectivity index (χ2v) is 5.18. The Bertz CT molecular complexity index is 628. The Morgan fingerprint density at radius 3 is 2.15 bits per heavy atom. The van der Waals surface area contributed by atoms with Crippen molar-refractivity contribution in [2.45, 2.75) is 6.92 Å². The lowest BCUT2D eigenvalue weighted by Gasteiger charge is -2.12. The minimum absolute atomic E-state index is 0.116. The second-order valence-electron chi connectivity index (χ2n) is 4.33. The monoisotopic (exact) mass is 334 g/mol. The van der Waals surface area contributed by atoms with Crippen molar-refractivity contribution in [2.24, 2.45) is 0 Å². The van der Waals surface area contributed by atoms with Gasteiger partial charge in [0.1, 0.15) is 17.1 Å². The van der Waals surface area contributed by atoms with Crippen molar-refractivity contribution in [2.75, 3.05) is 14.2 Å². The second kappa shape index (κ2) is 6.09. The predicted octanol–water partition coefficient (Wildman–Crippen LogP) is 4.01. The third kappa shape index (κ3) is 2.70. The van der Waals surface area contributed by atoms with Gasteiger partial charge in [0.15, 0.2) is 0 Å². The van der Waals surface area contributed by atoms with Gasteiger partial charge in [-0.25, -0.2) is 0 Å². The van der Waals surface area contributed by atoms with Crippen LogP contribution in [0.3, 0.4) is 0 Å². The molecule has 2 rings (SSSR count). The summed E-state index contributed by atoms with van der Waals surface area (Å²) >= 11 is 3.43. The molecule has 0 aliphatic heterocycles. The summed E-state index contributed by atoms with van der Waals surface area (Å²) in [5.41, 5.74) is 2.05. The first-order chi connectivity index (χ1) is 9.58. The predicted molar refractivity (Wildman–Crippen MR) is 81.9 cm³/mol. The van der Waals surface area contributed by atoms with Crippen molar-refractivity contribution in [1.29, 1.82) is 0 Å². The highest BCUT2D eigenvalue weighted by Gasteiger charge is 2.20. The molecule has 0 bridgehead atoms. The molecule has 0 aromatic heterocycles. The zero-order valence-corrected chi connectivity index (χ0v) is 13.2. The highest BCUT2D eigenvalue weighted by molar-refractivity contribution is 9.10. The molecule has 0 N–H and O–H groups in total. The molecule has 0 heterocycles. The van der Waals surface area contributed by atoms with E-state index in [1.807, 2.05) is 19.1 Å². The van der Waals surface area contributed by atoms with Crippen LogP contribution in [-0.4, -0.2) is 20.0 Å². The van der Waals surface area contributed by atoms with Gasteiger partial charge < -0.3 is 9.47 Å². The van der Waals surface area contributed by atoms with Crippen LogP contribution in [0.5, 0.6) is 11.5 Å². The van der Waals surface area contributed by atoms with Crippen molar-refractivity contribution in [1.82, 2.24) is 0 Å². The number of hydrogen-bond donors (Lipinski definition) is 0. The topological polar surface area (TPSA) is 35.5 Å². The van der Waals surface area contributed by atoms with Gasteiger partial charge in [-0.3, -0.25) is 4.79 Å². The fourth-order valence-electron chi connectivity index (χ4n) is 2.01. The van der Waals surface area contributed by atoms with Crippen LogP contribution in [0.1, 0.15) is 21.5 Å². The molecule has 0 saturated heterocycles. The Morgan fingerprint density at radius 2 is 1.65 bits per heavy atom. The fraction of sp³-hybridized carbons (Fsp3) is 0.188. The van der Waals surface area contributed by atoms with Crippen LogP contribution in [0, 0.1) is 6.92 Å². The number of rotatable bonds is 4. The van der Waals surface area contributed by atoms with E-state index < -0.39 is 0 Å². The Labute approximate surface area is 126 Å². The van der Waals surface area contributed by atoms with E-state index in [-0.39, 0.29) is 5.78 Å². The molecule has 2 aromatic rings. The molecule has 0 amide bonds. The van der Waals surface area contributed by atoms with E-state index in [4.69, 9.17) is 9.47 Å². The van der Waals surface area contributed by atoms with Crippen molar-refractivity contribution < 1.29 is 14.3 Å². The summed E-state index contributed by atoms with van der Waals surface area (Å²) in [6.45, 7) is 1.94. The molecule has 0 saturated carbocycles.